The highest BCUT2D eigenvalue weighted by atomic mass is 19.4. The molecule has 0 aliphatic carbocycles. The second-order valence-electron chi connectivity index (χ2n) is 4.47. The highest BCUT2D eigenvalue weighted by Gasteiger charge is 2.30. The van der Waals surface area contributed by atoms with Crippen LogP contribution in [0.1, 0.15) is 25.3 Å². The Hall–Kier alpha value is -2.25. The molecular weight excluding hydrogens is 285 g/mol. The number of benzene rings is 1. The van der Waals surface area contributed by atoms with Crippen LogP contribution in [0.15, 0.2) is 24.3 Å². The van der Waals surface area contributed by atoms with Crippen LogP contribution in [-0.4, -0.2) is 17.9 Å². The summed E-state index contributed by atoms with van der Waals surface area (Å²) in [5.41, 5.74) is 4.50. The molecule has 1 rings (SSSR count). The van der Waals surface area contributed by atoms with E-state index in [1.165, 1.54) is 12.1 Å². The fraction of sp³-hybridized carbons (Fsp3) is 0.385. The summed E-state index contributed by atoms with van der Waals surface area (Å²) < 4.78 is 37.6. The number of nitrogens with one attached hydrogen (secondary N) is 3. The lowest BCUT2D eigenvalue weighted by Gasteiger charge is -2.17. The van der Waals surface area contributed by atoms with E-state index in [4.69, 9.17) is 11.1 Å². The lowest BCUT2D eigenvalue weighted by atomic mass is 10.1. The molecule has 1 atom stereocenters. The highest BCUT2D eigenvalue weighted by Crippen LogP contribution is 2.30. The summed E-state index contributed by atoms with van der Waals surface area (Å²) in [6, 6.07) is 2.95. The Labute approximate surface area is 120 Å². The first-order valence-electron chi connectivity index (χ1n) is 6.32. The van der Waals surface area contributed by atoms with Gasteiger partial charge in [0.2, 0.25) is 0 Å². The molecule has 0 saturated heterocycles. The number of hydrogen-bond acceptors (Lipinski definition) is 2. The van der Waals surface area contributed by atoms with Crippen molar-refractivity contribution >= 4 is 17.6 Å². The van der Waals surface area contributed by atoms with E-state index >= 15 is 0 Å². The number of carbonyl (C=O) groups excluding carboxylic acids is 1. The molecule has 1 aromatic rings. The molecule has 0 radical (unpaired) electrons. The van der Waals surface area contributed by atoms with Gasteiger partial charge in [0.25, 0.3) is 0 Å². The van der Waals surface area contributed by atoms with Gasteiger partial charge in [-0.25, -0.2) is 4.79 Å². The topological polar surface area (TPSA) is 91.0 Å². The first-order chi connectivity index (χ1) is 9.74. The van der Waals surface area contributed by atoms with Crippen LogP contribution in [0.25, 0.3) is 0 Å². The number of hydrogen-bond donors (Lipinski definition) is 4. The number of amides is 2. The predicted octanol–water partition coefficient (Wildman–Crippen LogP) is 2.93. The van der Waals surface area contributed by atoms with Crippen LogP contribution in [0.2, 0.25) is 0 Å². The van der Waals surface area contributed by atoms with E-state index in [0.717, 1.165) is 12.1 Å². The second kappa shape index (κ2) is 6.96. The normalized spacial score (nSPS) is 12.6. The lowest BCUT2D eigenvalue weighted by Crippen LogP contribution is -2.45. The standard InChI is InChI=1S/C13H17F3N4O/c1-2-4-10(11(17)18)20-12(21)19-9-6-3-5-8(7-9)13(14,15)16/h3,5-7,10H,2,4H2,1H3,(H3,17,18)(H2,19,20,21). The van der Waals surface area contributed by atoms with Gasteiger partial charge < -0.3 is 16.4 Å². The van der Waals surface area contributed by atoms with Crippen LogP contribution >= 0.6 is 0 Å². The zero-order valence-corrected chi connectivity index (χ0v) is 11.4. The number of alkyl halides is 3. The van der Waals surface area contributed by atoms with Gasteiger partial charge in [0.15, 0.2) is 0 Å². The lowest BCUT2D eigenvalue weighted by molar-refractivity contribution is -0.137. The predicted molar refractivity (Wildman–Crippen MR) is 74.2 cm³/mol. The maximum atomic E-state index is 12.5. The summed E-state index contributed by atoms with van der Waals surface area (Å²) in [4.78, 5) is 11.7. The van der Waals surface area contributed by atoms with Crippen molar-refractivity contribution in [2.24, 2.45) is 5.73 Å². The van der Waals surface area contributed by atoms with Crippen LogP contribution in [0.4, 0.5) is 23.7 Å². The molecule has 1 unspecified atom stereocenters. The Kier molecular flexibility index (Phi) is 5.57. The second-order valence-corrected chi connectivity index (χ2v) is 4.47. The molecule has 1 aromatic carbocycles. The summed E-state index contributed by atoms with van der Waals surface area (Å²) >= 11 is 0. The van der Waals surface area contributed by atoms with E-state index in [2.05, 4.69) is 10.6 Å². The smallest absolute Gasteiger partial charge is 0.386 e. The van der Waals surface area contributed by atoms with E-state index < -0.39 is 23.8 Å². The summed E-state index contributed by atoms with van der Waals surface area (Å²) in [6.07, 6.45) is -3.29. The molecule has 0 aromatic heterocycles. The molecule has 8 heteroatoms. The van der Waals surface area contributed by atoms with Crippen molar-refractivity contribution in [1.82, 2.24) is 5.32 Å². The Bertz CT molecular complexity index is 516. The third-order valence-corrected chi connectivity index (χ3v) is 2.71. The highest BCUT2D eigenvalue weighted by molar-refractivity contribution is 5.94. The molecule has 5 nitrogen and oxygen atoms in total. The largest absolute Gasteiger partial charge is 0.416 e. The molecule has 0 aliphatic rings. The van der Waals surface area contributed by atoms with E-state index in [0.29, 0.717) is 12.8 Å². The van der Waals surface area contributed by atoms with Gasteiger partial charge in [-0.05, 0) is 24.6 Å². The minimum Gasteiger partial charge on any atom is -0.386 e. The molecule has 0 saturated carbocycles. The molecule has 21 heavy (non-hydrogen) atoms. The van der Waals surface area contributed by atoms with Gasteiger partial charge in [-0.2, -0.15) is 13.2 Å². The van der Waals surface area contributed by atoms with Crippen molar-refractivity contribution in [1.29, 1.82) is 5.41 Å². The van der Waals surface area contributed by atoms with Crippen molar-refractivity contribution in [3.63, 3.8) is 0 Å². The minimum absolute atomic E-state index is 0.0149. The Morgan fingerprint density at radius 1 is 1.43 bits per heavy atom. The van der Waals surface area contributed by atoms with Gasteiger partial charge >= 0.3 is 12.2 Å². The van der Waals surface area contributed by atoms with Crippen molar-refractivity contribution < 1.29 is 18.0 Å². The molecular formula is C13H17F3N4O. The first kappa shape index (κ1) is 16.8. The number of amidine groups is 1. The molecule has 0 aliphatic heterocycles. The number of rotatable bonds is 5. The molecule has 5 N–H and O–H groups in total. The third-order valence-electron chi connectivity index (χ3n) is 2.71. The zero-order chi connectivity index (χ0) is 16.0. The fourth-order valence-corrected chi connectivity index (χ4v) is 1.69. The summed E-state index contributed by atoms with van der Waals surface area (Å²) in [6.45, 7) is 1.86. The summed E-state index contributed by atoms with van der Waals surface area (Å²) in [7, 11) is 0. The summed E-state index contributed by atoms with van der Waals surface area (Å²) in [5, 5.41) is 12.1. The number of nitrogens with two attached hydrogens (primary N) is 1. The van der Waals surface area contributed by atoms with Gasteiger partial charge in [-0.3, -0.25) is 5.41 Å². The van der Waals surface area contributed by atoms with Crippen LogP contribution in [0.5, 0.6) is 0 Å². The van der Waals surface area contributed by atoms with E-state index in [9.17, 15) is 18.0 Å². The molecule has 2 amide bonds. The van der Waals surface area contributed by atoms with E-state index in [1.54, 1.807) is 0 Å². The Balaban J connectivity index is 2.73. The van der Waals surface area contributed by atoms with Crippen LogP contribution in [0, 0.1) is 5.41 Å². The monoisotopic (exact) mass is 302 g/mol. The average molecular weight is 302 g/mol. The van der Waals surface area contributed by atoms with Gasteiger partial charge in [-0.15, -0.1) is 0 Å². The van der Waals surface area contributed by atoms with Crippen LogP contribution in [0.3, 0.4) is 0 Å². The molecule has 116 valence electrons. The zero-order valence-electron chi connectivity index (χ0n) is 11.4. The van der Waals surface area contributed by atoms with Crippen LogP contribution in [-0.2, 0) is 6.18 Å². The number of urea groups is 1. The molecule has 0 bridgehead atoms. The Morgan fingerprint density at radius 3 is 2.62 bits per heavy atom. The SMILES string of the molecule is CCCC(NC(=O)Nc1cccc(C(F)(F)F)c1)C(=N)N. The molecule has 0 heterocycles. The number of carbonyl (C=O) groups is 1. The fourth-order valence-electron chi connectivity index (χ4n) is 1.69. The maximum absolute atomic E-state index is 12.5. The number of halogens is 3. The average Bonchev–Trinajstić information content (AvgIpc) is 2.37. The molecule has 0 fully saturated rings. The quantitative estimate of drug-likeness (QED) is 0.497. The van der Waals surface area contributed by atoms with Crippen LogP contribution < -0.4 is 16.4 Å². The first-order valence-corrected chi connectivity index (χ1v) is 6.32. The van der Waals surface area contributed by atoms with E-state index in [-0.39, 0.29) is 11.5 Å². The van der Waals surface area contributed by atoms with Crippen molar-refractivity contribution in [2.75, 3.05) is 5.32 Å². The Morgan fingerprint density at radius 2 is 2.10 bits per heavy atom. The van der Waals surface area contributed by atoms with Gasteiger partial charge in [0.1, 0.15) is 5.84 Å². The minimum atomic E-state index is -4.47. The van der Waals surface area contributed by atoms with Gasteiger partial charge in [-0.1, -0.05) is 19.4 Å². The van der Waals surface area contributed by atoms with Gasteiger partial charge in [0, 0.05) is 5.69 Å². The number of anilines is 1. The maximum Gasteiger partial charge on any atom is 0.416 e. The van der Waals surface area contributed by atoms with Crippen molar-refractivity contribution in [2.45, 2.75) is 32.0 Å². The van der Waals surface area contributed by atoms with E-state index in [1.807, 2.05) is 6.92 Å². The van der Waals surface area contributed by atoms with Crippen molar-refractivity contribution in [3.8, 4) is 0 Å². The van der Waals surface area contributed by atoms with Gasteiger partial charge in [0.05, 0.1) is 11.6 Å². The van der Waals surface area contributed by atoms with Crippen molar-refractivity contribution in [3.05, 3.63) is 29.8 Å². The third kappa shape index (κ3) is 5.33. The summed E-state index contributed by atoms with van der Waals surface area (Å²) in [5.74, 6) is -0.198. The molecule has 0 spiro atoms.